The number of halogens is 1. The lowest BCUT2D eigenvalue weighted by Gasteiger charge is -2.15. The van der Waals surface area contributed by atoms with Gasteiger partial charge >= 0.3 is 0 Å². The molecule has 0 spiro atoms. The molecule has 0 radical (unpaired) electrons. The van der Waals surface area contributed by atoms with Gasteiger partial charge < -0.3 is 4.74 Å². The summed E-state index contributed by atoms with van der Waals surface area (Å²) in [5.41, 5.74) is 1.18. The summed E-state index contributed by atoms with van der Waals surface area (Å²) in [6.45, 7) is 2.43. The molecule has 1 aromatic carbocycles. The molecule has 0 fully saturated rings. The van der Waals surface area contributed by atoms with Gasteiger partial charge in [0.2, 0.25) is 0 Å². The first-order valence-electron chi connectivity index (χ1n) is 5.78. The maximum Gasteiger partial charge on any atom is 0.119 e. The van der Waals surface area contributed by atoms with Gasteiger partial charge in [0.25, 0.3) is 0 Å². The van der Waals surface area contributed by atoms with E-state index < -0.39 is 0 Å². The van der Waals surface area contributed by atoms with E-state index >= 15 is 0 Å². The SMILES string of the molecule is CN(CCOc1ccc(Br)cc1)Cc1cn[nH]c1. The fourth-order valence-corrected chi connectivity index (χ4v) is 1.87. The molecule has 4 nitrogen and oxygen atoms in total. The Labute approximate surface area is 115 Å². The third kappa shape index (κ3) is 4.16. The van der Waals surface area contributed by atoms with E-state index in [-0.39, 0.29) is 0 Å². The van der Waals surface area contributed by atoms with Crippen molar-refractivity contribution in [3.05, 3.63) is 46.7 Å². The predicted molar refractivity (Wildman–Crippen MR) is 74.6 cm³/mol. The Kier molecular flexibility index (Phi) is 4.78. The van der Waals surface area contributed by atoms with Crippen LogP contribution in [-0.4, -0.2) is 35.3 Å². The number of aromatic amines is 1. The minimum absolute atomic E-state index is 0.677. The maximum atomic E-state index is 5.66. The second-order valence-electron chi connectivity index (χ2n) is 4.15. The Morgan fingerprint density at radius 1 is 1.33 bits per heavy atom. The van der Waals surface area contributed by atoms with Crippen LogP contribution in [0.25, 0.3) is 0 Å². The number of H-pyrrole nitrogens is 1. The molecule has 0 aliphatic heterocycles. The van der Waals surface area contributed by atoms with Crippen molar-refractivity contribution in [2.75, 3.05) is 20.2 Å². The number of likely N-dealkylation sites (N-methyl/N-ethyl adjacent to an activating group) is 1. The van der Waals surface area contributed by atoms with Gasteiger partial charge in [0.1, 0.15) is 12.4 Å². The smallest absolute Gasteiger partial charge is 0.119 e. The zero-order valence-electron chi connectivity index (χ0n) is 10.3. The van der Waals surface area contributed by atoms with Crippen LogP contribution in [0.5, 0.6) is 5.75 Å². The van der Waals surface area contributed by atoms with Crippen LogP contribution in [0.4, 0.5) is 0 Å². The Morgan fingerprint density at radius 2 is 2.11 bits per heavy atom. The molecule has 0 aliphatic carbocycles. The highest BCUT2D eigenvalue weighted by atomic mass is 79.9. The lowest BCUT2D eigenvalue weighted by molar-refractivity contribution is 0.233. The van der Waals surface area contributed by atoms with Crippen LogP contribution in [0.1, 0.15) is 5.56 Å². The van der Waals surface area contributed by atoms with Gasteiger partial charge in [-0.3, -0.25) is 10.00 Å². The summed E-state index contributed by atoms with van der Waals surface area (Å²) >= 11 is 3.40. The van der Waals surface area contributed by atoms with Gasteiger partial charge in [0, 0.05) is 29.3 Å². The number of aromatic nitrogens is 2. The first kappa shape index (κ1) is 13.1. The highest BCUT2D eigenvalue weighted by Crippen LogP contribution is 2.15. The molecule has 5 heteroatoms. The number of nitrogens with one attached hydrogen (secondary N) is 1. The highest BCUT2D eigenvalue weighted by Gasteiger charge is 2.01. The zero-order chi connectivity index (χ0) is 12.8. The maximum absolute atomic E-state index is 5.66. The van der Waals surface area contributed by atoms with Gasteiger partial charge in [0.15, 0.2) is 0 Å². The van der Waals surface area contributed by atoms with Gasteiger partial charge in [-0.15, -0.1) is 0 Å². The van der Waals surface area contributed by atoms with E-state index in [1.807, 2.05) is 36.7 Å². The Morgan fingerprint density at radius 3 is 2.78 bits per heavy atom. The van der Waals surface area contributed by atoms with Gasteiger partial charge in [-0.1, -0.05) is 15.9 Å². The lowest BCUT2D eigenvalue weighted by Crippen LogP contribution is -2.23. The summed E-state index contributed by atoms with van der Waals surface area (Å²) in [7, 11) is 2.07. The van der Waals surface area contributed by atoms with Crippen molar-refractivity contribution in [2.45, 2.75) is 6.54 Å². The second kappa shape index (κ2) is 6.56. The molecule has 18 heavy (non-hydrogen) atoms. The fraction of sp³-hybridized carbons (Fsp3) is 0.308. The average Bonchev–Trinajstić information content (AvgIpc) is 2.84. The molecule has 0 saturated carbocycles. The van der Waals surface area contributed by atoms with Crippen molar-refractivity contribution < 1.29 is 4.74 Å². The molecule has 2 rings (SSSR count). The number of hydrogen-bond acceptors (Lipinski definition) is 3. The highest BCUT2D eigenvalue weighted by molar-refractivity contribution is 9.10. The number of hydrogen-bond donors (Lipinski definition) is 1. The van der Waals surface area contributed by atoms with Gasteiger partial charge in [0.05, 0.1) is 6.20 Å². The number of rotatable bonds is 6. The molecular formula is C13H16BrN3O. The Hall–Kier alpha value is -1.33. The molecular weight excluding hydrogens is 294 g/mol. The third-order valence-electron chi connectivity index (χ3n) is 2.56. The molecule has 0 saturated heterocycles. The predicted octanol–water partition coefficient (Wildman–Crippen LogP) is 2.68. The van der Waals surface area contributed by atoms with Crippen LogP contribution in [0.15, 0.2) is 41.1 Å². The van der Waals surface area contributed by atoms with Crippen LogP contribution in [0, 0.1) is 0 Å². The molecule has 96 valence electrons. The molecule has 1 heterocycles. The second-order valence-corrected chi connectivity index (χ2v) is 5.06. The van der Waals surface area contributed by atoms with E-state index in [0.29, 0.717) is 6.61 Å². The van der Waals surface area contributed by atoms with E-state index in [1.165, 1.54) is 5.56 Å². The summed E-state index contributed by atoms with van der Waals surface area (Å²) in [6, 6.07) is 7.87. The van der Waals surface area contributed by atoms with Crippen LogP contribution < -0.4 is 4.74 Å². The first-order valence-corrected chi connectivity index (χ1v) is 6.58. The quantitative estimate of drug-likeness (QED) is 0.892. The summed E-state index contributed by atoms with van der Waals surface area (Å²) in [4.78, 5) is 2.20. The van der Waals surface area contributed by atoms with Crippen LogP contribution in [0.3, 0.4) is 0 Å². The summed E-state index contributed by atoms with van der Waals surface area (Å²) in [6.07, 6.45) is 3.75. The van der Waals surface area contributed by atoms with Crippen LogP contribution in [-0.2, 0) is 6.54 Å². The van der Waals surface area contributed by atoms with Crippen molar-refractivity contribution in [3.8, 4) is 5.75 Å². The molecule has 1 N–H and O–H groups in total. The van der Waals surface area contributed by atoms with Crippen molar-refractivity contribution in [3.63, 3.8) is 0 Å². The minimum atomic E-state index is 0.677. The molecule has 0 unspecified atom stereocenters. The van der Waals surface area contributed by atoms with Gasteiger partial charge in [-0.05, 0) is 31.3 Å². The Bertz CT molecular complexity index is 456. The van der Waals surface area contributed by atoms with E-state index in [0.717, 1.165) is 23.3 Å². The summed E-state index contributed by atoms with van der Waals surface area (Å²) in [5.74, 6) is 0.898. The minimum Gasteiger partial charge on any atom is -0.492 e. The molecule has 0 amide bonds. The zero-order valence-corrected chi connectivity index (χ0v) is 11.9. The standard InChI is InChI=1S/C13H16BrN3O/c1-17(10-11-8-15-16-9-11)6-7-18-13-4-2-12(14)3-5-13/h2-5,8-9H,6-7,10H2,1H3,(H,15,16). The largest absolute Gasteiger partial charge is 0.492 e. The molecule has 0 atom stereocenters. The van der Waals surface area contributed by atoms with Crippen molar-refractivity contribution >= 4 is 15.9 Å². The fourth-order valence-electron chi connectivity index (χ4n) is 1.60. The molecule has 1 aromatic heterocycles. The van der Waals surface area contributed by atoms with Crippen LogP contribution >= 0.6 is 15.9 Å². The van der Waals surface area contributed by atoms with E-state index in [4.69, 9.17) is 4.74 Å². The monoisotopic (exact) mass is 309 g/mol. The van der Waals surface area contributed by atoms with Crippen LogP contribution in [0.2, 0.25) is 0 Å². The normalized spacial score (nSPS) is 10.8. The van der Waals surface area contributed by atoms with Gasteiger partial charge in [-0.2, -0.15) is 5.10 Å². The molecule has 0 aliphatic rings. The van der Waals surface area contributed by atoms with E-state index in [9.17, 15) is 0 Å². The van der Waals surface area contributed by atoms with Crippen molar-refractivity contribution in [1.29, 1.82) is 0 Å². The number of benzene rings is 1. The summed E-state index contributed by atoms with van der Waals surface area (Å²) in [5, 5.41) is 6.73. The molecule has 2 aromatic rings. The topological polar surface area (TPSA) is 41.1 Å². The number of nitrogens with zero attached hydrogens (tertiary/aromatic N) is 2. The van der Waals surface area contributed by atoms with Gasteiger partial charge in [-0.25, -0.2) is 0 Å². The average molecular weight is 310 g/mol. The summed E-state index contributed by atoms with van der Waals surface area (Å²) < 4.78 is 6.73. The number of ether oxygens (including phenoxy) is 1. The van der Waals surface area contributed by atoms with Crippen molar-refractivity contribution in [1.82, 2.24) is 15.1 Å². The lowest BCUT2D eigenvalue weighted by atomic mass is 10.3. The van der Waals surface area contributed by atoms with E-state index in [2.05, 4.69) is 38.1 Å². The Balaban J connectivity index is 1.70. The first-order chi connectivity index (χ1) is 8.74. The van der Waals surface area contributed by atoms with E-state index in [1.54, 1.807) is 0 Å². The van der Waals surface area contributed by atoms with Crippen molar-refractivity contribution in [2.24, 2.45) is 0 Å². The molecule has 0 bridgehead atoms. The third-order valence-corrected chi connectivity index (χ3v) is 3.09.